The second kappa shape index (κ2) is 12.4. The summed E-state index contributed by atoms with van der Waals surface area (Å²) in [4.78, 5) is 28.0. The van der Waals surface area contributed by atoms with E-state index in [-0.39, 0.29) is 22.3 Å². The summed E-state index contributed by atoms with van der Waals surface area (Å²) in [5, 5.41) is 20.0. The molecule has 1 N–H and O–H groups in total. The van der Waals surface area contributed by atoms with Crippen molar-refractivity contribution in [1.82, 2.24) is 10.2 Å². The number of hydrogen-bond donors (Lipinski definition) is 1. The first kappa shape index (κ1) is 27.5. The summed E-state index contributed by atoms with van der Waals surface area (Å²) in [7, 11) is 0. The van der Waals surface area contributed by atoms with Crippen molar-refractivity contribution in [2.24, 2.45) is 0 Å². The second-order valence-corrected chi connectivity index (χ2v) is 11.3. The molecule has 7 nitrogen and oxygen atoms in total. The molecule has 0 saturated carbocycles. The third-order valence-corrected chi connectivity index (χ3v) is 8.46. The van der Waals surface area contributed by atoms with Crippen molar-refractivity contribution in [3.63, 3.8) is 0 Å². The molecule has 2 heterocycles. The van der Waals surface area contributed by atoms with Crippen LogP contribution in [0.1, 0.15) is 42.5 Å². The van der Waals surface area contributed by atoms with Crippen LogP contribution in [0.2, 0.25) is 0 Å². The highest BCUT2D eigenvalue weighted by Gasteiger charge is 2.48. The molecule has 0 aliphatic carbocycles. The van der Waals surface area contributed by atoms with Crippen LogP contribution in [-0.2, 0) is 15.3 Å². The Morgan fingerprint density at radius 1 is 1.02 bits per heavy atom. The number of anilines is 1. The lowest BCUT2D eigenvalue weighted by Crippen LogP contribution is -2.29. The van der Waals surface area contributed by atoms with Gasteiger partial charge in [-0.25, -0.2) is 4.39 Å². The fraction of sp³-hybridized carbons (Fsp3) is 0.200. The normalized spacial score (nSPS) is 16.4. The van der Waals surface area contributed by atoms with E-state index in [0.717, 1.165) is 18.4 Å². The Morgan fingerprint density at radius 3 is 2.45 bits per heavy atom. The van der Waals surface area contributed by atoms with E-state index in [4.69, 9.17) is 4.74 Å². The van der Waals surface area contributed by atoms with Gasteiger partial charge in [0.15, 0.2) is 4.34 Å². The Labute approximate surface area is 239 Å². The molecular formula is C30H26FN3O4S2. The number of rotatable bonds is 10. The van der Waals surface area contributed by atoms with Crippen LogP contribution in [0.25, 0.3) is 5.76 Å². The number of amides is 1. The van der Waals surface area contributed by atoms with Crippen LogP contribution in [0, 0.1) is 5.82 Å². The molecule has 1 aliphatic heterocycles. The number of Topliss-reactive ketones (excluding diaryl/α,β-unsaturated/α-hetero) is 1. The van der Waals surface area contributed by atoms with E-state index in [1.807, 2.05) is 18.2 Å². The van der Waals surface area contributed by atoms with Crippen molar-refractivity contribution in [3.05, 3.63) is 107 Å². The highest BCUT2D eigenvalue weighted by atomic mass is 32.2. The minimum atomic E-state index is -0.885. The van der Waals surface area contributed by atoms with Crippen molar-refractivity contribution < 1.29 is 23.8 Å². The van der Waals surface area contributed by atoms with Crippen molar-refractivity contribution in [3.8, 4) is 5.75 Å². The number of unbranched alkanes of at least 4 members (excludes halogenated alkanes) is 1. The number of ketones is 1. The quantitative estimate of drug-likeness (QED) is 0.0557. The summed E-state index contributed by atoms with van der Waals surface area (Å²) in [6.45, 7) is 2.67. The molecule has 10 heteroatoms. The summed E-state index contributed by atoms with van der Waals surface area (Å²) in [6.07, 6.45) is 1.95. The average Bonchev–Trinajstić information content (AvgIpc) is 3.55. The van der Waals surface area contributed by atoms with E-state index in [9.17, 15) is 19.1 Å². The molecule has 1 fully saturated rings. The Hall–Kier alpha value is -4.02. The number of ether oxygens (including phenoxy) is 1. The van der Waals surface area contributed by atoms with Crippen molar-refractivity contribution in [1.29, 1.82) is 0 Å². The lowest BCUT2D eigenvalue weighted by Gasteiger charge is -2.22. The number of hydrogen-bond acceptors (Lipinski definition) is 8. The van der Waals surface area contributed by atoms with Gasteiger partial charge in [0, 0.05) is 11.3 Å². The molecule has 1 aromatic heterocycles. The molecule has 1 atom stereocenters. The highest BCUT2D eigenvalue weighted by Crippen LogP contribution is 2.44. The zero-order valence-electron chi connectivity index (χ0n) is 21.6. The lowest BCUT2D eigenvalue weighted by molar-refractivity contribution is -0.132. The largest absolute Gasteiger partial charge is 0.507 e. The Balaban J connectivity index is 1.46. The molecule has 1 amide bonds. The zero-order valence-corrected chi connectivity index (χ0v) is 23.3. The smallest absolute Gasteiger partial charge is 0.301 e. The average molecular weight is 576 g/mol. The van der Waals surface area contributed by atoms with Gasteiger partial charge < -0.3 is 9.84 Å². The first-order valence-corrected chi connectivity index (χ1v) is 14.6. The maximum Gasteiger partial charge on any atom is 0.301 e. The topological polar surface area (TPSA) is 92.6 Å². The fourth-order valence-corrected chi connectivity index (χ4v) is 6.09. The number of nitrogens with zero attached hydrogens (tertiary/aromatic N) is 3. The van der Waals surface area contributed by atoms with Gasteiger partial charge in [0.1, 0.15) is 17.3 Å². The molecular weight excluding hydrogens is 549 g/mol. The first-order valence-electron chi connectivity index (χ1n) is 12.8. The minimum Gasteiger partial charge on any atom is -0.507 e. The Bertz CT molecular complexity index is 1520. The van der Waals surface area contributed by atoms with Gasteiger partial charge in [0.2, 0.25) is 5.13 Å². The molecule has 0 radical (unpaired) electrons. The predicted molar refractivity (Wildman–Crippen MR) is 154 cm³/mol. The Kier molecular flexibility index (Phi) is 8.57. The molecule has 0 bridgehead atoms. The lowest BCUT2D eigenvalue weighted by atomic mass is 9.95. The molecule has 0 spiro atoms. The number of aromatic nitrogens is 2. The predicted octanol–water partition coefficient (Wildman–Crippen LogP) is 6.77. The number of aliphatic hydroxyl groups is 1. The number of carbonyl (C=O) groups excluding carboxylic acids is 2. The van der Waals surface area contributed by atoms with Gasteiger partial charge in [-0.05, 0) is 53.9 Å². The summed E-state index contributed by atoms with van der Waals surface area (Å²) in [5.41, 5.74) is 1.94. The summed E-state index contributed by atoms with van der Waals surface area (Å²) in [6, 6.07) is 21.1. The standard InChI is InChI=1S/C30H26FN3O4S2/c1-2-3-17-38-23-15-11-21(12-16-23)26(35)24-25(20-7-5-4-6-8-20)34(28(37)27(24)36)29-32-33-30(40-29)39-18-19-9-13-22(31)14-10-19/h4-16,25,35H,2-3,17-18H2,1H3/t25-/m0/s1. The number of halogens is 1. The molecule has 40 heavy (non-hydrogen) atoms. The van der Waals surface area contributed by atoms with Crippen LogP contribution >= 0.6 is 23.1 Å². The van der Waals surface area contributed by atoms with Gasteiger partial charge in [-0.15, -0.1) is 10.2 Å². The number of aliphatic hydroxyl groups excluding tert-OH is 1. The zero-order chi connectivity index (χ0) is 28.1. The molecule has 1 saturated heterocycles. The summed E-state index contributed by atoms with van der Waals surface area (Å²) >= 11 is 2.57. The van der Waals surface area contributed by atoms with Gasteiger partial charge >= 0.3 is 5.91 Å². The van der Waals surface area contributed by atoms with Crippen LogP contribution in [0.5, 0.6) is 5.75 Å². The van der Waals surface area contributed by atoms with Crippen molar-refractivity contribution in [2.45, 2.75) is 35.9 Å². The van der Waals surface area contributed by atoms with E-state index in [1.165, 1.54) is 40.1 Å². The molecule has 4 aromatic rings. The molecule has 1 aliphatic rings. The van der Waals surface area contributed by atoms with Crippen LogP contribution in [0.15, 0.2) is 88.8 Å². The number of carbonyl (C=O) groups is 2. The van der Waals surface area contributed by atoms with Gasteiger partial charge in [0.05, 0.1) is 18.2 Å². The van der Waals surface area contributed by atoms with E-state index in [0.29, 0.717) is 33.6 Å². The van der Waals surface area contributed by atoms with E-state index >= 15 is 0 Å². The van der Waals surface area contributed by atoms with Crippen LogP contribution in [0.4, 0.5) is 9.52 Å². The second-order valence-electron chi connectivity index (χ2n) is 9.07. The third kappa shape index (κ3) is 5.93. The summed E-state index contributed by atoms with van der Waals surface area (Å²) < 4.78 is 19.5. The van der Waals surface area contributed by atoms with Crippen molar-refractivity contribution >= 4 is 45.7 Å². The third-order valence-electron chi connectivity index (χ3n) is 6.33. The van der Waals surface area contributed by atoms with Gasteiger partial charge in [-0.1, -0.05) is 78.9 Å². The van der Waals surface area contributed by atoms with Crippen molar-refractivity contribution in [2.75, 3.05) is 11.5 Å². The minimum absolute atomic E-state index is 0.0217. The fourth-order valence-electron chi connectivity index (χ4n) is 4.26. The van der Waals surface area contributed by atoms with Crippen LogP contribution < -0.4 is 9.64 Å². The number of thioether (sulfide) groups is 1. The van der Waals surface area contributed by atoms with Gasteiger partial charge in [0.25, 0.3) is 5.78 Å². The molecule has 204 valence electrons. The maximum absolute atomic E-state index is 13.4. The molecule has 0 unspecified atom stereocenters. The summed E-state index contributed by atoms with van der Waals surface area (Å²) in [5.74, 6) is -0.977. The molecule has 3 aromatic carbocycles. The van der Waals surface area contributed by atoms with E-state index < -0.39 is 17.7 Å². The number of benzene rings is 3. The van der Waals surface area contributed by atoms with Gasteiger partial charge in [-0.3, -0.25) is 14.5 Å². The molecule has 5 rings (SSSR count). The first-order chi connectivity index (χ1) is 19.5. The Morgan fingerprint density at radius 2 is 1.75 bits per heavy atom. The highest BCUT2D eigenvalue weighted by molar-refractivity contribution is 8.00. The van der Waals surface area contributed by atoms with Gasteiger partial charge in [-0.2, -0.15) is 0 Å². The maximum atomic E-state index is 13.4. The van der Waals surface area contributed by atoms with E-state index in [1.54, 1.807) is 48.5 Å². The van der Waals surface area contributed by atoms with E-state index in [2.05, 4.69) is 17.1 Å². The van der Waals surface area contributed by atoms with Crippen LogP contribution in [-0.4, -0.2) is 33.6 Å². The SMILES string of the molecule is CCCCOc1ccc(C(O)=C2C(=O)C(=O)N(c3nnc(SCc4ccc(F)cc4)s3)[C@H]2c2ccccc2)cc1. The monoisotopic (exact) mass is 575 g/mol. The van der Waals surface area contributed by atoms with Crippen LogP contribution in [0.3, 0.4) is 0 Å².